The van der Waals surface area contributed by atoms with Crippen LogP contribution in [0.3, 0.4) is 0 Å². The lowest BCUT2D eigenvalue weighted by Gasteiger charge is -2.32. The van der Waals surface area contributed by atoms with Crippen molar-refractivity contribution in [3.63, 3.8) is 0 Å². The van der Waals surface area contributed by atoms with Crippen LogP contribution in [0.15, 0.2) is 279 Å². The van der Waals surface area contributed by atoms with Crippen LogP contribution in [0.1, 0.15) is 23.6 Å². The smallest absolute Gasteiger partial charge is 0.0543 e. The summed E-state index contributed by atoms with van der Waals surface area (Å²) in [6, 6.07) is 103. The lowest BCUT2D eigenvalue weighted by Crippen LogP contribution is -2.22. The van der Waals surface area contributed by atoms with E-state index in [0.717, 1.165) is 33.8 Å². The molecule has 71 heavy (non-hydrogen) atoms. The van der Waals surface area contributed by atoms with Crippen LogP contribution in [0.25, 0.3) is 88.3 Å². The molecule has 0 bridgehead atoms. The fraction of sp³-hybridized carbons (Fsp3) is 0.0286. The molecule has 1 nitrogen and oxygen atoms in total. The molecule has 0 saturated heterocycles. The summed E-state index contributed by atoms with van der Waals surface area (Å²) in [5.41, 5.74) is 21.4. The third-order valence-corrected chi connectivity index (χ3v) is 14.9. The topological polar surface area (TPSA) is 3.24 Å². The molecule has 0 fully saturated rings. The van der Waals surface area contributed by atoms with Crippen molar-refractivity contribution in [3.05, 3.63) is 296 Å². The summed E-state index contributed by atoms with van der Waals surface area (Å²) < 4.78 is 0. The van der Waals surface area contributed by atoms with Crippen molar-refractivity contribution in [1.82, 2.24) is 0 Å². The fourth-order valence-corrected chi connectivity index (χ4v) is 11.6. The van der Waals surface area contributed by atoms with Gasteiger partial charge in [-0.05, 0) is 137 Å². The van der Waals surface area contributed by atoms with Crippen LogP contribution < -0.4 is 4.90 Å². The zero-order valence-electron chi connectivity index (χ0n) is 39.5. The highest BCUT2D eigenvalue weighted by Crippen LogP contribution is 2.57. The van der Waals surface area contributed by atoms with E-state index in [0.29, 0.717) is 0 Å². The molecule has 0 heterocycles. The molecular weight excluding hydrogens is 855 g/mol. The van der Waals surface area contributed by atoms with Gasteiger partial charge < -0.3 is 4.90 Å². The van der Waals surface area contributed by atoms with Crippen LogP contribution >= 0.6 is 0 Å². The van der Waals surface area contributed by atoms with Gasteiger partial charge in [0.25, 0.3) is 0 Å². The van der Waals surface area contributed by atoms with Gasteiger partial charge in [-0.15, -0.1) is 0 Å². The van der Waals surface area contributed by atoms with Crippen LogP contribution in [-0.4, -0.2) is 0 Å². The van der Waals surface area contributed by atoms with Gasteiger partial charge in [0, 0.05) is 22.2 Å². The Morgan fingerprint density at radius 1 is 0.268 bits per heavy atom. The first kappa shape index (κ1) is 42.1. The molecule has 12 aromatic rings. The van der Waals surface area contributed by atoms with Gasteiger partial charge in [-0.3, -0.25) is 0 Å². The first-order chi connectivity index (χ1) is 35.1. The van der Waals surface area contributed by atoms with Gasteiger partial charge in [0.15, 0.2) is 0 Å². The quantitative estimate of drug-likeness (QED) is 0.130. The Morgan fingerprint density at radius 3 is 1.42 bits per heavy atom. The highest BCUT2D eigenvalue weighted by Gasteiger charge is 2.42. The van der Waals surface area contributed by atoms with E-state index < -0.39 is 0 Å². The monoisotopic (exact) mass is 903 g/mol. The summed E-state index contributed by atoms with van der Waals surface area (Å²) in [6.07, 6.45) is 0. The molecule has 0 spiro atoms. The second-order valence-corrected chi connectivity index (χ2v) is 18.9. The van der Waals surface area contributed by atoms with Gasteiger partial charge in [0.2, 0.25) is 0 Å². The lowest BCUT2D eigenvalue weighted by atomic mass is 9.74. The Balaban J connectivity index is 1.03. The molecule has 1 atom stereocenters. The predicted octanol–water partition coefficient (Wildman–Crippen LogP) is 19.1. The van der Waals surface area contributed by atoms with Gasteiger partial charge in [-0.2, -0.15) is 0 Å². The van der Waals surface area contributed by atoms with E-state index in [9.17, 15) is 0 Å². The largest absolute Gasteiger partial charge is 0.309 e. The molecule has 13 rings (SSSR count). The molecule has 0 radical (unpaired) electrons. The first-order valence-electron chi connectivity index (χ1n) is 24.7. The van der Waals surface area contributed by atoms with Crippen LogP contribution in [0, 0.1) is 0 Å². The van der Waals surface area contributed by atoms with Crippen molar-refractivity contribution in [2.75, 3.05) is 4.90 Å². The fourth-order valence-electron chi connectivity index (χ4n) is 11.6. The molecule has 1 aliphatic rings. The van der Waals surface area contributed by atoms with E-state index in [2.05, 4.69) is 291 Å². The van der Waals surface area contributed by atoms with Crippen LogP contribution in [-0.2, 0) is 5.41 Å². The predicted molar refractivity (Wildman–Crippen MR) is 301 cm³/mol. The highest BCUT2D eigenvalue weighted by molar-refractivity contribution is 6.22. The maximum Gasteiger partial charge on any atom is 0.0543 e. The van der Waals surface area contributed by atoms with Crippen molar-refractivity contribution in [3.8, 4) is 66.8 Å². The molecule has 1 aliphatic carbocycles. The summed E-state index contributed by atoms with van der Waals surface area (Å²) in [6.45, 7) is 2.40. The normalized spacial score (nSPS) is 13.8. The Labute approximate surface area is 416 Å². The molecule has 1 unspecified atom stereocenters. The number of fused-ring (bicyclic) bond motifs is 6. The molecular formula is C70H49N. The van der Waals surface area contributed by atoms with Gasteiger partial charge in [0.05, 0.1) is 11.4 Å². The van der Waals surface area contributed by atoms with E-state index in [-0.39, 0.29) is 5.41 Å². The van der Waals surface area contributed by atoms with Crippen molar-refractivity contribution in [2.45, 2.75) is 12.3 Å². The van der Waals surface area contributed by atoms with Crippen molar-refractivity contribution >= 4 is 38.6 Å². The minimum atomic E-state index is -0.349. The average Bonchev–Trinajstić information content (AvgIpc) is 3.73. The van der Waals surface area contributed by atoms with E-state index in [1.54, 1.807) is 0 Å². The minimum Gasteiger partial charge on any atom is -0.309 e. The maximum atomic E-state index is 2.51. The number of rotatable bonds is 9. The van der Waals surface area contributed by atoms with Crippen LogP contribution in [0.2, 0.25) is 0 Å². The molecule has 12 aromatic carbocycles. The number of benzene rings is 12. The summed E-state index contributed by atoms with van der Waals surface area (Å²) in [7, 11) is 0. The third kappa shape index (κ3) is 7.08. The first-order valence-corrected chi connectivity index (χ1v) is 24.7. The molecule has 334 valence electrons. The Bertz CT molecular complexity index is 3900. The summed E-state index contributed by atoms with van der Waals surface area (Å²) in [4.78, 5) is 2.51. The van der Waals surface area contributed by atoms with E-state index >= 15 is 0 Å². The number of hydrogen-bond donors (Lipinski definition) is 0. The van der Waals surface area contributed by atoms with E-state index in [1.807, 2.05) is 0 Å². The van der Waals surface area contributed by atoms with Crippen molar-refractivity contribution in [1.29, 1.82) is 0 Å². The molecule has 0 amide bonds. The number of hydrogen-bond acceptors (Lipinski definition) is 1. The van der Waals surface area contributed by atoms with Gasteiger partial charge in [0.1, 0.15) is 0 Å². The molecule has 0 aliphatic heterocycles. The standard InChI is InChI=1S/C70H49N/c1-70(55-30-15-6-16-31-55)63-35-20-19-34-60(63)69-64(70)36-21-37-66(69)71(65-45-41-54(48-22-7-2-8-23-48)46-61(65)50-24-9-3-10-25-50)56-42-38-49(39-43-56)53-40-44-58-57-32-17-18-33-59(57)67(51-26-11-4-12-27-51)68(62(58)47-53)52-28-13-5-14-29-52/h2-47H,1H3. The Kier molecular flexibility index (Phi) is 10.4. The van der Waals surface area contributed by atoms with Gasteiger partial charge in [-0.1, -0.05) is 243 Å². The number of nitrogens with zero attached hydrogens (tertiary/aromatic N) is 1. The number of anilines is 3. The van der Waals surface area contributed by atoms with E-state index in [4.69, 9.17) is 0 Å². The van der Waals surface area contributed by atoms with Crippen molar-refractivity contribution < 1.29 is 0 Å². The highest BCUT2D eigenvalue weighted by atomic mass is 15.1. The zero-order chi connectivity index (χ0) is 47.3. The van der Waals surface area contributed by atoms with Gasteiger partial charge in [-0.25, -0.2) is 0 Å². The van der Waals surface area contributed by atoms with Crippen LogP contribution in [0.5, 0.6) is 0 Å². The lowest BCUT2D eigenvalue weighted by molar-refractivity contribution is 0.714. The van der Waals surface area contributed by atoms with E-state index in [1.165, 1.54) is 88.3 Å². The maximum absolute atomic E-state index is 2.51. The second kappa shape index (κ2) is 17.5. The third-order valence-electron chi connectivity index (χ3n) is 14.9. The Morgan fingerprint density at radius 2 is 0.746 bits per heavy atom. The van der Waals surface area contributed by atoms with Crippen molar-refractivity contribution in [2.24, 2.45) is 0 Å². The van der Waals surface area contributed by atoms with Gasteiger partial charge >= 0.3 is 0 Å². The minimum absolute atomic E-state index is 0.349. The summed E-state index contributed by atoms with van der Waals surface area (Å²) in [5.74, 6) is 0. The zero-order valence-corrected chi connectivity index (χ0v) is 39.5. The molecule has 0 N–H and O–H groups in total. The SMILES string of the molecule is CC1(c2ccccc2)c2ccccc2-c2c(N(c3ccc(-c4ccc5c(c4)c(-c4ccccc4)c(-c4ccccc4)c4ccccc45)cc3)c3ccc(-c4ccccc4)cc3-c3ccccc3)cccc21. The van der Waals surface area contributed by atoms with Crippen LogP contribution in [0.4, 0.5) is 17.1 Å². The average molecular weight is 904 g/mol. The Hall–Kier alpha value is -9.04. The summed E-state index contributed by atoms with van der Waals surface area (Å²) in [5, 5.41) is 5.00. The molecule has 0 aromatic heterocycles. The molecule has 1 heteroatoms. The molecule has 0 saturated carbocycles. The summed E-state index contributed by atoms with van der Waals surface area (Å²) >= 11 is 0. The second-order valence-electron chi connectivity index (χ2n) is 18.9.